The smallest absolute Gasteiger partial charge is 0.303 e. The van der Waals surface area contributed by atoms with Gasteiger partial charge in [0, 0.05) is 36.2 Å². The Hall–Kier alpha value is -3.93. The molecule has 0 radical (unpaired) electrons. The van der Waals surface area contributed by atoms with E-state index in [4.69, 9.17) is 5.11 Å². The average molecular weight is 483 g/mol. The van der Waals surface area contributed by atoms with Crippen LogP contribution in [0.5, 0.6) is 0 Å². The van der Waals surface area contributed by atoms with E-state index in [-0.39, 0.29) is 42.5 Å². The maximum absolute atomic E-state index is 13.9. The number of amides is 2. The van der Waals surface area contributed by atoms with Crippen LogP contribution in [-0.2, 0) is 9.59 Å². The van der Waals surface area contributed by atoms with E-state index in [1.54, 1.807) is 0 Å². The molecule has 6 heteroatoms. The number of hydrogen-bond acceptors (Lipinski definition) is 3. The van der Waals surface area contributed by atoms with Crippen LogP contribution >= 0.6 is 0 Å². The van der Waals surface area contributed by atoms with Crippen LogP contribution in [0.4, 0.5) is 5.69 Å². The van der Waals surface area contributed by atoms with E-state index >= 15 is 0 Å². The number of carbonyl (C=O) groups excluding carboxylic acids is 2. The maximum atomic E-state index is 13.9. The maximum Gasteiger partial charge on any atom is 0.303 e. The Labute approximate surface area is 211 Å². The summed E-state index contributed by atoms with van der Waals surface area (Å²) in [5.74, 6) is -0.890. The van der Waals surface area contributed by atoms with Gasteiger partial charge in [-0.15, -0.1) is 0 Å². The predicted molar refractivity (Wildman–Crippen MR) is 139 cm³/mol. The van der Waals surface area contributed by atoms with Gasteiger partial charge in [0.25, 0.3) is 5.91 Å². The number of aliphatic carboxylic acids is 1. The lowest BCUT2D eigenvalue weighted by Crippen LogP contribution is -2.49. The summed E-state index contributed by atoms with van der Waals surface area (Å²) in [4.78, 5) is 38.9. The number of para-hydroxylation sites is 1. The molecule has 2 aliphatic rings. The highest BCUT2D eigenvalue weighted by Gasteiger charge is 2.45. The fraction of sp³-hybridized carbons (Fsp3) is 0.300. The van der Waals surface area contributed by atoms with E-state index in [0.29, 0.717) is 12.1 Å². The zero-order valence-corrected chi connectivity index (χ0v) is 20.1. The number of carboxylic acid groups (broad SMARTS) is 1. The lowest BCUT2D eigenvalue weighted by atomic mass is 9.77. The van der Waals surface area contributed by atoms with Crippen molar-refractivity contribution in [2.75, 3.05) is 11.4 Å². The molecule has 3 unspecified atom stereocenters. The lowest BCUT2D eigenvalue weighted by molar-refractivity contribution is -0.138. The molecule has 3 aromatic rings. The van der Waals surface area contributed by atoms with Crippen LogP contribution in [0, 0.1) is 5.92 Å². The van der Waals surface area contributed by atoms with Crippen LogP contribution in [0.2, 0.25) is 0 Å². The summed E-state index contributed by atoms with van der Waals surface area (Å²) in [6.07, 6.45) is 2.75. The van der Waals surface area contributed by atoms with Gasteiger partial charge in [-0.1, -0.05) is 67.1 Å². The summed E-state index contributed by atoms with van der Waals surface area (Å²) in [5, 5.41) is 11.8. The van der Waals surface area contributed by atoms with Crippen molar-refractivity contribution in [3.8, 4) is 11.1 Å². The highest BCUT2D eigenvalue weighted by atomic mass is 16.4. The summed E-state index contributed by atoms with van der Waals surface area (Å²) in [7, 11) is 0. The van der Waals surface area contributed by atoms with Crippen molar-refractivity contribution < 1.29 is 19.5 Å². The van der Waals surface area contributed by atoms with E-state index in [1.165, 1.54) is 0 Å². The second-order valence-corrected chi connectivity index (χ2v) is 9.64. The third-order valence-electron chi connectivity index (χ3n) is 7.52. The molecule has 1 saturated carbocycles. The van der Waals surface area contributed by atoms with Crippen molar-refractivity contribution in [1.82, 2.24) is 5.32 Å². The quantitative estimate of drug-likeness (QED) is 0.482. The zero-order chi connectivity index (χ0) is 25.1. The first-order valence-electron chi connectivity index (χ1n) is 12.6. The van der Waals surface area contributed by atoms with Crippen molar-refractivity contribution in [2.24, 2.45) is 5.92 Å². The Balaban J connectivity index is 1.40. The topological polar surface area (TPSA) is 86.7 Å². The third-order valence-corrected chi connectivity index (χ3v) is 7.52. The Morgan fingerprint density at radius 1 is 0.833 bits per heavy atom. The number of anilines is 1. The van der Waals surface area contributed by atoms with Crippen molar-refractivity contribution in [3.05, 3.63) is 90.0 Å². The van der Waals surface area contributed by atoms with Crippen LogP contribution in [0.25, 0.3) is 11.1 Å². The molecule has 1 heterocycles. The minimum absolute atomic E-state index is 0.00269. The number of carboxylic acids is 1. The first-order chi connectivity index (χ1) is 17.5. The molecule has 5 rings (SSSR count). The monoisotopic (exact) mass is 482 g/mol. The van der Waals surface area contributed by atoms with Gasteiger partial charge in [-0.25, -0.2) is 0 Å². The Morgan fingerprint density at radius 3 is 2.28 bits per heavy atom. The first kappa shape index (κ1) is 23.8. The van der Waals surface area contributed by atoms with E-state index in [9.17, 15) is 14.4 Å². The number of benzene rings is 3. The molecule has 0 bridgehead atoms. The van der Waals surface area contributed by atoms with Gasteiger partial charge in [0.1, 0.15) is 0 Å². The molecule has 2 N–H and O–H groups in total. The molecular formula is C30H30N2O4. The second kappa shape index (κ2) is 10.4. The van der Waals surface area contributed by atoms with E-state index in [0.717, 1.165) is 41.6 Å². The molecule has 36 heavy (non-hydrogen) atoms. The minimum Gasteiger partial charge on any atom is -0.481 e. The molecule has 0 aromatic heterocycles. The van der Waals surface area contributed by atoms with Crippen LogP contribution < -0.4 is 10.2 Å². The Morgan fingerprint density at radius 2 is 1.53 bits per heavy atom. The van der Waals surface area contributed by atoms with Gasteiger partial charge in [0.05, 0.1) is 6.42 Å². The molecule has 1 fully saturated rings. The lowest BCUT2D eigenvalue weighted by Gasteiger charge is -2.44. The molecule has 3 atom stereocenters. The molecule has 6 nitrogen and oxygen atoms in total. The largest absolute Gasteiger partial charge is 0.481 e. The van der Waals surface area contributed by atoms with E-state index < -0.39 is 5.97 Å². The number of nitrogens with zero attached hydrogens (tertiary/aromatic N) is 1. The van der Waals surface area contributed by atoms with Crippen molar-refractivity contribution >= 4 is 23.5 Å². The first-order valence-corrected chi connectivity index (χ1v) is 12.6. The van der Waals surface area contributed by atoms with Crippen LogP contribution in [0.3, 0.4) is 0 Å². The molecule has 0 saturated heterocycles. The summed E-state index contributed by atoms with van der Waals surface area (Å²) < 4.78 is 0. The number of fused-ring (bicyclic) bond motifs is 2. The number of carbonyl (C=O) groups is 3. The van der Waals surface area contributed by atoms with Gasteiger partial charge in [0.15, 0.2) is 0 Å². The van der Waals surface area contributed by atoms with Crippen LogP contribution in [0.1, 0.15) is 53.9 Å². The van der Waals surface area contributed by atoms with Crippen molar-refractivity contribution in [2.45, 2.75) is 44.1 Å². The Bertz CT molecular complexity index is 1260. The molecule has 3 aromatic carbocycles. The molecule has 0 spiro atoms. The fourth-order valence-electron chi connectivity index (χ4n) is 5.82. The number of nitrogens with one attached hydrogen (secondary N) is 1. The zero-order valence-electron chi connectivity index (χ0n) is 20.1. The molecule has 1 aliphatic heterocycles. The van der Waals surface area contributed by atoms with Gasteiger partial charge < -0.3 is 15.3 Å². The van der Waals surface area contributed by atoms with Gasteiger partial charge in [-0.05, 0) is 53.6 Å². The van der Waals surface area contributed by atoms with Gasteiger partial charge in [-0.2, -0.15) is 0 Å². The van der Waals surface area contributed by atoms with Crippen LogP contribution in [0.15, 0.2) is 78.9 Å². The molecule has 1 aliphatic carbocycles. The van der Waals surface area contributed by atoms with Gasteiger partial charge in [-0.3, -0.25) is 14.4 Å². The highest BCUT2D eigenvalue weighted by molar-refractivity contribution is 6.07. The number of rotatable bonds is 7. The fourth-order valence-corrected chi connectivity index (χ4v) is 5.82. The summed E-state index contributed by atoms with van der Waals surface area (Å²) in [6, 6.07) is 26.0. The highest BCUT2D eigenvalue weighted by Crippen LogP contribution is 2.49. The SMILES string of the molecule is O=C(O)CCC(=O)NCC1c2ccccc2N(C(=O)c2ccc(-c3ccccc3)cc2)C2CCCC12. The van der Waals surface area contributed by atoms with Gasteiger partial charge >= 0.3 is 5.97 Å². The average Bonchev–Trinajstić information content (AvgIpc) is 3.39. The van der Waals surface area contributed by atoms with Crippen molar-refractivity contribution in [3.63, 3.8) is 0 Å². The minimum atomic E-state index is -0.977. The summed E-state index contributed by atoms with van der Waals surface area (Å²) >= 11 is 0. The standard InChI is InChI=1S/C30H30N2O4/c33-28(17-18-29(34)35)31-19-25-23-9-4-5-11-26(23)32(27-12-6-10-24(25)27)30(36)22-15-13-21(14-16-22)20-7-2-1-3-8-20/h1-5,7-9,11,13-16,24-25,27H,6,10,12,17-19H2,(H,31,33)(H,34,35). The second-order valence-electron chi connectivity index (χ2n) is 9.64. The third kappa shape index (κ3) is 4.76. The molecule has 184 valence electrons. The van der Waals surface area contributed by atoms with Crippen molar-refractivity contribution in [1.29, 1.82) is 0 Å². The summed E-state index contributed by atoms with van der Waals surface area (Å²) in [6.45, 7) is 0.449. The Kier molecular flexibility index (Phi) is 6.85. The number of hydrogen-bond donors (Lipinski definition) is 2. The van der Waals surface area contributed by atoms with E-state index in [1.807, 2.05) is 65.6 Å². The molecule has 2 amide bonds. The predicted octanol–water partition coefficient (Wildman–Crippen LogP) is 5.25. The normalized spacial score (nSPS) is 20.3. The van der Waals surface area contributed by atoms with Crippen LogP contribution in [-0.4, -0.2) is 35.5 Å². The van der Waals surface area contributed by atoms with E-state index in [2.05, 4.69) is 23.5 Å². The molecular weight excluding hydrogens is 452 g/mol. The summed E-state index contributed by atoms with van der Waals surface area (Å²) in [5.41, 5.74) is 4.82. The van der Waals surface area contributed by atoms with Gasteiger partial charge in [0.2, 0.25) is 5.91 Å².